The number of ether oxygens (including phenoxy) is 1. The van der Waals surface area contributed by atoms with Crippen molar-refractivity contribution in [3.8, 4) is 5.75 Å². The number of aliphatic hydroxyl groups excluding tert-OH is 1. The molecule has 1 unspecified atom stereocenters. The number of furan rings is 1. The molecule has 0 saturated heterocycles. The molecule has 134 valence electrons. The molecule has 1 atom stereocenters. The van der Waals surface area contributed by atoms with E-state index in [1.165, 1.54) is 5.56 Å². The van der Waals surface area contributed by atoms with E-state index in [2.05, 4.69) is 11.4 Å². The summed E-state index contributed by atoms with van der Waals surface area (Å²) in [6, 6.07) is 9.46. The predicted octanol–water partition coefficient (Wildman–Crippen LogP) is 3.37. The lowest BCUT2D eigenvalue weighted by atomic mass is 10.1. The Hall–Kier alpha value is -2.27. The van der Waals surface area contributed by atoms with Crippen molar-refractivity contribution in [3.05, 3.63) is 53.0 Å². The first kappa shape index (κ1) is 17.5. The summed E-state index contributed by atoms with van der Waals surface area (Å²) in [5.74, 6) is 1.95. The Labute approximate surface area is 148 Å². The fourth-order valence-electron chi connectivity index (χ4n) is 2.99. The summed E-state index contributed by atoms with van der Waals surface area (Å²) in [5, 5.41) is 12.1. The molecule has 3 rings (SSSR count). The smallest absolute Gasteiger partial charge is 0.287 e. The van der Waals surface area contributed by atoms with Gasteiger partial charge in [0.25, 0.3) is 5.91 Å². The van der Waals surface area contributed by atoms with Gasteiger partial charge in [0.1, 0.15) is 18.1 Å². The zero-order chi connectivity index (χ0) is 17.8. The Bertz CT molecular complexity index is 733. The largest absolute Gasteiger partial charge is 0.485 e. The molecule has 2 N–H and O–H groups in total. The summed E-state index contributed by atoms with van der Waals surface area (Å²) in [7, 11) is 0. The van der Waals surface area contributed by atoms with Crippen LogP contribution in [0.4, 0.5) is 0 Å². The minimum absolute atomic E-state index is 0.0255. The first-order chi connectivity index (χ1) is 12.1. The van der Waals surface area contributed by atoms with Gasteiger partial charge in [-0.05, 0) is 62.8 Å². The van der Waals surface area contributed by atoms with Gasteiger partial charge in [-0.3, -0.25) is 4.79 Å². The Morgan fingerprint density at radius 2 is 2.12 bits per heavy atom. The van der Waals surface area contributed by atoms with E-state index >= 15 is 0 Å². The Morgan fingerprint density at radius 1 is 1.32 bits per heavy atom. The minimum atomic E-state index is -0.233. The fourth-order valence-corrected chi connectivity index (χ4v) is 2.99. The molecule has 5 heteroatoms. The quantitative estimate of drug-likeness (QED) is 0.771. The van der Waals surface area contributed by atoms with E-state index in [0.29, 0.717) is 18.1 Å². The number of hydrogen-bond acceptors (Lipinski definition) is 4. The lowest BCUT2D eigenvalue weighted by molar-refractivity contribution is 0.0892. The van der Waals surface area contributed by atoms with E-state index < -0.39 is 0 Å². The normalized spacial score (nSPS) is 15.0. The third kappa shape index (κ3) is 4.63. The molecule has 1 aromatic carbocycles. The van der Waals surface area contributed by atoms with E-state index in [9.17, 15) is 4.79 Å². The fraction of sp³-hybridized carbons (Fsp3) is 0.450. The van der Waals surface area contributed by atoms with Crippen molar-refractivity contribution in [1.29, 1.82) is 0 Å². The van der Waals surface area contributed by atoms with Crippen molar-refractivity contribution in [3.63, 3.8) is 0 Å². The van der Waals surface area contributed by atoms with Crippen LogP contribution in [-0.2, 0) is 6.61 Å². The summed E-state index contributed by atoms with van der Waals surface area (Å²) >= 11 is 0. The van der Waals surface area contributed by atoms with Gasteiger partial charge in [-0.25, -0.2) is 0 Å². The van der Waals surface area contributed by atoms with Gasteiger partial charge in [-0.2, -0.15) is 0 Å². The van der Waals surface area contributed by atoms with E-state index in [0.717, 1.165) is 24.2 Å². The molecule has 1 aliphatic carbocycles. The van der Waals surface area contributed by atoms with Crippen molar-refractivity contribution in [2.24, 2.45) is 5.92 Å². The minimum Gasteiger partial charge on any atom is -0.485 e. The van der Waals surface area contributed by atoms with E-state index in [1.807, 2.05) is 26.0 Å². The van der Waals surface area contributed by atoms with E-state index in [4.69, 9.17) is 14.3 Å². The maximum absolute atomic E-state index is 12.3. The van der Waals surface area contributed by atoms with Crippen molar-refractivity contribution in [2.45, 2.75) is 45.8 Å². The number of amides is 1. The van der Waals surface area contributed by atoms with E-state index in [-0.39, 0.29) is 30.9 Å². The zero-order valence-corrected chi connectivity index (χ0v) is 14.7. The van der Waals surface area contributed by atoms with Crippen molar-refractivity contribution in [2.75, 3.05) is 6.61 Å². The molecule has 0 radical (unpaired) electrons. The maximum atomic E-state index is 12.3. The summed E-state index contributed by atoms with van der Waals surface area (Å²) in [4.78, 5) is 12.3. The SMILES string of the molecule is Cc1ccc(OCc2ccc(C(=O)NC(CCO)C3CC3)o2)c(C)c1. The zero-order valence-electron chi connectivity index (χ0n) is 14.7. The van der Waals surface area contributed by atoms with Gasteiger partial charge in [0.2, 0.25) is 0 Å². The van der Waals surface area contributed by atoms with Gasteiger partial charge in [0.05, 0.1) is 0 Å². The van der Waals surface area contributed by atoms with Crippen LogP contribution < -0.4 is 10.1 Å². The van der Waals surface area contributed by atoms with Crippen LogP contribution in [0.2, 0.25) is 0 Å². The number of benzene rings is 1. The third-order valence-corrected chi connectivity index (χ3v) is 4.53. The maximum Gasteiger partial charge on any atom is 0.287 e. The first-order valence-electron chi connectivity index (χ1n) is 8.77. The van der Waals surface area contributed by atoms with Crippen LogP contribution in [0.3, 0.4) is 0 Å². The van der Waals surface area contributed by atoms with Gasteiger partial charge < -0.3 is 19.6 Å². The van der Waals surface area contributed by atoms with Crippen LogP contribution in [0.5, 0.6) is 5.75 Å². The molecule has 0 bridgehead atoms. The lowest BCUT2D eigenvalue weighted by Gasteiger charge is -2.16. The molecule has 25 heavy (non-hydrogen) atoms. The molecule has 5 nitrogen and oxygen atoms in total. The molecule has 1 aliphatic rings. The average molecular weight is 343 g/mol. The molecular formula is C20H25NO4. The number of nitrogens with one attached hydrogen (secondary N) is 1. The number of hydrogen-bond donors (Lipinski definition) is 2. The van der Waals surface area contributed by atoms with Crippen molar-refractivity contribution < 1.29 is 19.1 Å². The summed E-state index contributed by atoms with van der Waals surface area (Å²) in [6.45, 7) is 4.40. The van der Waals surface area contributed by atoms with Crippen LogP contribution in [0.1, 0.15) is 46.7 Å². The highest BCUT2D eigenvalue weighted by Gasteiger charge is 2.32. The van der Waals surface area contributed by atoms with Crippen molar-refractivity contribution >= 4 is 5.91 Å². The van der Waals surface area contributed by atoms with Gasteiger partial charge in [-0.15, -0.1) is 0 Å². The Kier molecular flexibility index (Phi) is 5.43. The second kappa shape index (κ2) is 7.74. The standard InChI is InChI=1S/C20H25NO4/c1-13-3-7-18(14(2)11-13)24-12-16-6-8-19(25-16)20(23)21-17(9-10-22)15-4-5-15/h3,6-8,11,15,17,22H,4-5,9-10,12H2,1-2H3,(H,21,23). The highest BCUT2D eigenvalue weighted by Crippen LogP contribution is 2.34. The second-order valence-corrected chi connectivity index (χ2v) is 6.75. The van der Waals surface area contributed by atoms with Crippen LogP contribution in [0.25, 0.3) is 0 Å². The molecule has 0 spiro atoms. The summed E-state index contributed by atoms with van der Waals surface area (Å²) in [6.07, 6.45) is 2.80. The van der Waals surface area contributed by atoms with Gasteiger partial charge >= 0.3 is 0 Å². The second-order valence-electron chi connectivity index (χ2n) is 6.75. The number of rotatable bonds is 8. The molecule has 1 fully saturated rings. The number of aryl methyl sites for hydroxylation is 2. The first-order valence-corrected chi connectivity index (χ1v) is 8.77. The van der Waals surface area contributed by atoms with Crippen LogP contribution >= 0.6 is 0 Å². The van der Waals surface area contributed by atoms with E-state index in [1.54, 1.807) is 12.1 Å². The Balaban J connectivity index is 1.57. The Morgan fingerprint density at radius 3 is 2.80 bits per heavy atom. The van der Waals surface area contributed by atoms with Crippen LogP contribution in [-0.4, -0.2) is 23.7 Å². The van der Waals surface area contributed by atoms with Gasteiger partial charge in [-0.1, -0.05) is 17.7 Å². The van der Waals surface area contributed by atoms with Gasteiger partial charge in [0.15, 0.2) is 5.76 Å². The molecule has 1 saturated carbocycles. The number of aliphatic hydroxyl groups is 1. The molecule has 1 aromatic heterocycles. The van der Waals surface area contributed by atoms with Crippen LogP contribution in [0, 0.1) is 19.8 Å². The average Bonchev–Trinajstić information content (AvgIpc) is 3.32. The van der Waals surface area contributed by atoms with Gasteiger partial charge in [0, 0.05) is 12.6 Å². The molecular weight excluding hydrogens is 318 g/mol. The lowest BCUT2D eigenvalue weighted by Crippen LogP contribution is -2.36. The molecule has 0 aliphatic heterocycles. The predicted molar refractivity (Wildman–Crippen MR) is 94.6 cm³/mol. The number of carbonyl (C=O) groups is 1. The topological polar surface area (TPSA) is 71.7 Å². The number of carbonyl (C=O) groups excluding carboxylic acids is 1. The third-order valence-electron chi connectivity index (χ3n) is 4.53. The molecule has 1 heterocycles. The highest BCUT2D eigenvalue weighted by atomic mass is 16.5. The molecule has 2 aromatic rings. The summed E-state index contributed by atoms with van der Waals surface area (Å²) < 4.78 is 11.4. The van der Waals surface area contributed by atoms with Crippen molar-refractivity contribution in [1.82, 2.24) is 5.32 Å². The van der Waals surface area contributed by atoms with Crippen LogP contribution in [0.15, 0.2) is 34.7 Å². The highest BCUT2D eigenvalue weighted by molar-refractivity contribution is 5.91. The monoisotopic (exact) mass is 343 g/mol. The summed E-state index contributed by atoms with van der Waals surface area (Å²) in [5.41, 5.74) is 2.26. The molecule has 1 amide bonds.